The number of carbonyl (C=O) groups excluding carboxylic acids is 1. The number of aryl methyl sites for hydroxylation is 1. The summed E-state index contributed by atoms with van der Waals surface area (Å²) in [6.07, 6.45) is 1.75. The van der Waals surface area contributed by atoms with Gasteiger partial charge in [-0.05, 0) is 37.3 Å². The van der Waals surface area contributed by atoms with Crippen LogP contribution in [0.25, 0.3) is 32.3 Å². The zero-order chi connectivity index (χ0) is 25.2. The summed E-state index contributed by atoms with van der Waals surface area (Å²) in [5.41, 5.74) is 4.59. The van der Waals surface area contributed by atoms with Gasteiger partial charge >= 0.3 is 0 Å². The zero-order valence-electron chi connectivity index (χ0n) is 20.2. The quantitative estimate of drug-likeness (QED) is 0.348. The predicted octanol–water partition coefficient (Wildman–Crippen LogP) is 5.21. The molecule has 3 aromatic heterocycles. The number of fused-ring (bicyclic) bond motifs is 1. The topological polar surface area (TPSA) is 93.1 Å². The highest BCUT2D eigenvalue weighted by molar-refractivity contribution is 7.21. The molecular weight excluding hydrogens is 484 g/mol. The first kappa shape index (κ1) is 23.2. The van der Waals surface area contributed by atoms with Crippen LogP contribution in [0.1, 0.15) is 16.1 Å². The predicted molar refractivity (Wildman–Crippen MR) is 146 cm³/mol. The number of para-hydroxylation sites is 1. The molecule has 1 aliphatic rings. The van der Waals surface area contributed by atoms with Crippen molar-refractivity contribution in [1.29, 1.82) is 0 Å². The monoisotopic (exact) mass is 508 g/mol. The Morgan fingerprint density at radius 3 is 2.68 bits per heavy atom. The number of benzene rings is 2. The van der Waals surface area contributed by atoms with E-state index in [1.165, 1.54) is 11.3 Å². The number of hydrogen-bond acceptors (Lipinski definition) is 8. The van der Waals surface area contributed by atoms with Crippen LogP contribution in [-0.2, 0) is 4.74 Å². The molecule has 2 aromatic carbocycles. The van der Waals surface area contributed by atoms with Crippen molar-refractivity contribution in [2.45, 2.75) is 6.92 Å². The maximum atomic E-state index is 13.6. The number of thiazole rings is 1. The van der Waals surface area contributed by atoms with Crippen LogP contribution in [0.4, 0.5) is 11.5 Å². The third-order valence-electron chi connectivity index (χ3n) is 6.13. The SMILES string of the molecule is Cc1cccc(-c2nc(C(=O)Nc3ccccc3-c3nc4cccnc4s3)cc(N3CCOCC3)n2)c1. The zero-order valence-corrected chi connectivity index (χ0v) is 21.0. The molecule has 0 spiro atoms. The molecular formula is C28H24N6O2S. The highest BCUT2D eigenvalue weighted by Gasteiger charge is 2.20. The van der Waals surface area contributed by atoms with Gasteiger partial charge in [0, 0.05) is 36.5 Å². The van der Waals surface area contributed by atoms with Crippen molar-refractivity contribution in [2.24, 2.45) is 0 Å². The van der Waals surface area contributed by atoms with Gasteiger partial charge in [-0.25, -0.2) is 19.9 Å². The van der Waals surface area contributed by atoms with Gasteiger partial charge in [0.25, 0.3) is 5.91 Å². The summed E-state index contributed by atoms with van der Waals surface area (Å²) in [7, 11) is 0. The van der Waals surface area contributed by atoms with Crippen LogP contribution in [0.2, 0.25) is 0 Å². The average Bonchev–Trinajstić information content (AvgIpc) is 3.38. The Kier molecular flexibility index (Phi) is 6.30. The highest BCUT2D eigenvalue weighted by Crippen LogP contribution is 2.34. The lowest BCUT2D eigenvalue weighted by atomic mass is 10.1. The molecule has 184 valence electrons. The van der Waals surface area contributed by atoms with E-state index < -0.39 is 0 Å². The largest absolute Gasteiger partial charge is 0.378 e. The average molecular weight is 509 g/mol. The number of ether oxygens (including phenoxy) is 1. The second-order valence-electron chi connectivity index (χ2n) is 8.75. The van der Waals surface area contributed by atoms with E-state index >= 15 is 0 Å². The Bertz CT molecular complexity index is 1560. The fourth-order valence-corrected chi connectivity index (χ4v) is 5.22. The maximum absolute atomic E-state index is 13.6. The number of hydrogen-bond donors (Lipinski definition) is 1. The lowest BCUT2D eigenvalue weighted by Crippen LogP contribution is -2.37. The molecule has 0 saturated carbocycles. The molecule has 5 aromatic rings. The van der Waals surface area contributed by atoms with Crippen molar-refractivity contribution in [1.82, 2.24) is 19.9 Å². The van der Waals surface area contributed by atoms with E-state index in [0.717, 1.165) is 32.0 Å². The number of nitrogens with zero attached hydrogens (tertiary/aromatic N) is 5. The molecule has 0 unspecified atom stereocenters. The molecule has 1 saturated heterocycles. The van der Waals surface area contributed by atoms with E-state index in [0.29, 0.717) is 49.3 Å². The standard InChI is InChI=1S/C28H24N6O2S/c1-18-6-4-7-19(16-18)25-30-23(17-24(33-25)34-12-14-36-15-13-34)26(35)31-21-9-3-2-8-20(21)27-32-22-10-5-11-29-28(22)37-27/h2-11,16-17H,12-15H2,1H3,(H,31,35). The van der Waals surface area contributed by atoms with Crippen molar-refractivity contribution in [3.63, 3.8) is 0 Å². The number of pyridine rings is 1. The van der Waals surface area contributed by atoms with Gasteiger partial charge in [0.2, 0.25) is 0 Å². The van der Waals surface area contributed by atoms with Crippen LogP contribution < -0.4 is 10.2 Å². The van der Waals surface area contributed by atoms with Crippen LogP contribution >= 0.6 is 11.3 Å². The molecule has 1 amide bonds. The van der Waals surface area contributed by atoms with Crippen molar-refractivity contribution < 1.29 is 9.53 Å². The van der Waals surface area contributed by atoms with Gasteiger partial charge in [-0.1, -0.05) is 47.2 Å². The molecule has 1 fully saturated rings. The molecule has 1 aliphatic heterocycles. The molecule has 9 heteroatoms. The highest BCUT2D eigenvalue weighted by atomic mass is 32.1. The number of aromatic nitrogens is 4. The van der Waals surface area contributed by atoms with Crippen LogP contribution in [0.15, 0.2) is 72.9 Å². The lowest BCUT2D eigenvalue weighted by molar-refractivity contribution is 0.102. The first-order valence-corrected chi connectivity index (χ1v) is 12.9. The fourth-order valence-electron chi connectivity index (χ4n) is 4.27. The van der Waals surface area contributed by atoms with Gasteiger partial charge in [0.15, 0.2) is 5.82 Å². The first-order chi connectivity index (χ1) is 18.1. The summed E-state index contributed by atoms with van der Waals surface area (Å²) in [5.74, 6) is 0.923. The number of carbonyl (C=O) groups is 1. The summed E-state index contributed by atoms with van der Waals surface area (Å²) in [6.45, 7) is 4.68. The molecule has 0 radical (unpaired) electrons. The van der Waals surface area contributed by atoms with Gasteiger partial charge in [-0.15, -0.1) is 0 Å². The third kappa shape index (κ3) is 4.91. The second-order valence-corrected chi connectivity index (χ2v) is 9.73. The van der Waals surface area contributed by atoms with Crippen LogP contribution in [-0.4, -0.2) is 52.1 Å². The van der Waals surface area contributed by atoms with Gasteiger partial charge in [-0.2, -0.15) is 0 Å². The van der Waals surface area contributed by atoms with E-state index in [4.69, 9.17) is 14.7 Å². The molecule has 0 atom stereocenters. The molecule has 37 heavy (non-hydrogen) atoms. The van der Waals surface area contributed by atoms with E-state index in [-0.39, 0.29) is 5.91 Å². The number of morpholine rings is 1. The normalized spacial score (nSPS) is 13.6. The minimum Gasteiger partial charge on any atom is -0.378 e. The molecule has 0 aliphatic carbocycles. The van der Waals surface area contributed by atoms with Crippen molar-refractivity contribution in [3.05, 3.63) is 84.2 Å². The minimum absolute atomic E-state index is 0.300. The van der Waals surface area contributed by atoms with E-state index in [9.17, 15) is 4.79 Å². The smallest absolute Gasteiger partial charge is 0.274 e. The Hall–Kier alpha value is -4.21. The van der Waals surface area contributed by atoms with E-state index in [1.54, 1.807) is 12.3 Å². The van der Waals surface area contributed by atoms with Gasteiger partial charge in [-0.3, -0.25) is 4.79 Å². The first-order valence-electron chi connectivity index (χ1n) is 12.1. The summed E-state index contributed by atoms with van der Waals surface area (Å²) in [6, 6.07) is 21.2. The minimum atomic E-state index is -0.308. The lowest BCUT2D eigenvalue weighted by Gasteiger charge is -2.28. The van der Waals surface area contributed by atoms with Crippen molar-refractivity contribution in [2.75, 3.05) is 36.5 Å². The van der Waals surface area contributed by atoms with E-state index in [1.807, 2.05) is 67.6 Å². The number of amides is 1. The molecule has 1 N–H and O–H groups in total. The van der Waals surface area contributed by atoms with Crippen molar-refractivity contribution >= 4 is 39.1 Å². The van der Waals surface area contributed by atoms with Gasteiger partial charge in [0.1, 0.15) is 26.9 Å². The maximum Gasteiger partial charge on any atom is 0.274 e. The fraction of sp³-hybridized carbons (Fsp3) is 0.179. The number of rotatable bonds is 5. The van der Waals surface area contributed by atoms with Crippen LogP contribution in [0.3, 0.4) is 0 Å². The number of nitrogens with one attached hydrogen (secondary N) is 1. The molecule has 6 rings (SSSR count). The molecule has 4 heterocycles. The van der Waals surface area contributed by atoms with Gasteiger partial charge in [0.05, 0.1) is 18.9 Å². The van der Waals surface area contributed by atoms with Crippen molar-refractivity contribution in [3.8, 4) is 22.0 Å². The summed E-state index contributed by atoms with van der Waals surface area (Å²) < 4.78 is 5.51. The summed E-state index contributed by atoms with van der Waals surface area (Å²) >= 11 is 1.49. The van der Waals surface area contributed by atoms with Gasteiger partial charge < -0.3 is 15.0 Å². The summed E-state index contributed by atoms with van der Waals surface area (Å²) in [4.78, 5) is 35.2. The Morgan fingerprint density at radius 1 is 0.973 bits per heavy atom. The van der Waals surface area contributed by atoms with E-state index in [2.05, 4.69) is 20.2 Å². The molecule has 0 bridgehead atoms. The van der Waals surface area contributed by atoms with Crippen LogP contribution in [0, 0.1) is 6.92 Å². The number of anilines is 2. The Morgan fingerprint density at radius 2 is 1.84 bits per heavy atom. The Labute approximate surface area is 218 Å². The third-order valence-corrected chi connectivity index (χ3v) is 7.14. The van der Waals surface area contributed by atoms with Crippen LogP contribution in [0.5, 0.6) is 0 Å². The second kappa shape index (κ2) is 10.0. The molecule has 8 nitrogen and oxygen atoms in total. The summed E-state index contributed by atoms with van der Waals surface area (Å²) in [5, 5.41) is 3.86. The Balaban J connectivity index is 1.37.